The quantitative estimate of drug-likeness (QED) is 0.225. The SMILES string of the molecule is C/C(=C\CO)CC/C=C(\C)C(=O)O[C@@H]1O[C@H](CO)[C@@H](O)[C@H](O)[C@H]1O. The highest BCUT2D eigenvalue weighted by molar-refractivity contribution is 5.87. The third kappa shape index (κ3) is 5.66. The molecule has 138 valence electrons. The van der Waals surface area contributed by atoms with Crippen molar-refractivity contribution in [3.05, 3.63) is 23.3 Å². The number of hydrogen-bond acceptors (Lipinski definition) is 8. The first kappa shape index (κ1) is 20.8. The molecule has 8 heteroatoms. The van der Waals surface area contributed by atoms with Gasteiger partial charge in [0, 0.05) is 5.57 Å². The van der Waals surface area contributed by atoms with Crippen LogP contribution in [-0.4, -0.2) is 75.4 Å². The number of allylic oxidation sites excluding steroid dienone is 2. The van der Waals surface area contributed by atoms with Gasteiger partial charge < -0.3 is 35.0 Å². The van der Waals surface area contributed by atoms with Gasteiger partial charge in [-0.3, -0.25) is 0 Å². The molecule has 0 amide bonds. The molecule has 24 heavy (non-hydrogen) atoms. The van der Waals surface area contributed by atoms with Gasteiger partial charge in [0.05, 0.1) is 13.2 Å². The van der Waals surface area contributed by atoms with Gasteiger partial charge in [0.1, 0.15) is 24.4 Å². The molecule has 1 saturated heterocycles. The predicted molar refractivity (Wildman–Crippen MR) is 83.7 cm³/mol. The number of aliphatic hydroxyl groups is 5. The molecule has 0 unspecified atom stereocenters. The molecule has 0 aromatic heterocycles. The van der Waals surface area contributed by atoms with Crippen LogP contribution in [0.1, 0.15) is 26.7 Å². The molecule has 0 radical (unpaired) electrons. The number of aliphatic hydroxyl groups excluding tert-OH is 5. The summed E-state index contributed by atoms with van der Waals surface area (Å²) in [6.45, 7) is 2.78. The van der Waals surface area contributed by atoms with Gasteiger partial charge in [0.2, 0.25) is 6.29 Å². The smallest absolute Gasteiger partial charge is 0.335 e. The Kier molecular flexibility index (Phi) is 8.54. The molecular weight excluding hydrogens is 320 g/mol. The van der Waals surface area contributed by atoms with E-state index in [1.807, 2.05) is 6.92 Å². The first-order chi connectivity index (χ1) is 11.3. The average Bonchev–Trinajstić information content (AvgIpc) is 2.55. The van der Waals surface area contributed by atoms with E-state index in [4.69, 9.17) is 19.7 Å². The molecule has 0 spiro atoms. The van der Waals surface area contributed by atoms with E-state index in [-0.39, 0.29) is 6.61 Å². The summed E-state index contributed by atoms with van der Waals surface area (Å²) in [7, 11) is 0. The summed E-state index contributed by atoms with van der Waals surface area (Å²) in [5.41, 5.74) is 1.28. The molecule has 0 saturated carbocycles. The monoisotopic (exact) mass is 346 g/mol. The molecule has 0 aromatic carbocycles. The topological polar surface area (TPSA) is 137 Å². The molecule has 1 aliphatic heterocycles. The number of carbonyl (C=O) groups excluding carboxylic acids is 1. The van der Waals surface area contributed by atoms with Gasteiger partial charge in [-0.25, -0.2) is 4.79 Å². The first-order valence-corrected chi connectivity index (χ1v) is 7.76. The summed E-state index contributed by atoms with van der Waals surface area (Å²) in [6.07, 6.45) is -2.75. The number of ether oxygens (including phenoxy) is 2. The lowest BCUT2D eigenvalue weighted by Crippen LogP contribution is -2.59. The van der Waals surface area contributed by atoms with Crippen LogP contribution in [-0.2, 0) is 14.3 Å². The third-order valence-corrected chi connectivity index (χ3v) is 3.82. The molecule has 0 bridgehead atoms. The van der Waals surface area contributed by atoms with Crippen molar-refractivity contribution in [2.45, 2.75) is 57.4 Å². The zero-order valence-corrected chi connectivity index (χ0v) is 13.8. The summed E-state index contributed by atoms with van der Waals surface area (Å²) in [5, 5.41) is 47.0. The van der Waals surface area contributed by atoms with Gasteiger partial charge in [-0.05, 0) is 26.7 Å². The van der Waals surface area contributed by atoms with Gasteiger partial charge in [0.15, 0.2) is 0 Å². The zero-order valence-electron chi connectivity index (χ0n) is 13.8. The van der Waals surface area contributed by atoms with Crippen molar-refractivity contribution in [2.24, 2.45) is 0 Å². The van der Waals surface area contributed by atoms with Crippen LogP contribution in [0.15, 0.2) is 23.3 Å². The fraction of sp³-hybridized carbons (Fsp3) is 0.688. The van der Waals surface area contributed by atoms with E-state index in [2.05, 4.69) is 0 Å². The molecule has 0 aliphatic carbocycles. The second kappa shape index (κ2) is 9.87. The maximum Gasteiger partial charge on any atom is 0.335 e. The third-order valence-electron chi connectivity index (χ3n) is 3.82. The van der Waals surface area contributed by atoms with Crippen LogP contribution in [0.2, 0.25) is 0 Å². The standard InChI is InChI=1S/C16H26O8/c1-9(6-7-17)4-3-5-10(2)15(22)24-16-14(21)13(20)12(19)11(8-18)23-16/h5-6,11-14,16-21H,3-4,7-8H2,1-2H3/b9-6+,10-5+/t11-,12-,13+,14-,16+/m1/s1. The minimum atomic E-state index is -1.62. The highest BCUT2D eigenvalue weighted by Gasteiger charge is 2.45. The van der Waals surface area contributed by atoms with Crippen LogP contribution in [0.3, 0.4) is 0 Å². The van der Waals surface area contributed by atoms with Crippen LogP contribution in [0, 0.1) is 0 Å². The van der Waals surface area contributed by atoms with Crippen molar-refractivity contribution < 1.29 is 39.8 Å². The molecule has 1 fully saturated rings. The van der Waals surface area contributed by atoms with E-state index in [0.29, 0.717) is 18.4 Å². The van der Waals surface area contributed by atoms with E-state index in [9.17, 15) is 20.1 Å². The lowest BCUT2D eigenvalue weighted by molar-refractivity contribution is -0.291. The molecular formula is C16H26O8. The zero-order chi connectivity index (χ0) is 18.3. The summed E-state index contributed by atoms with van der Waals surface area (Å²) in [5.74, 6) is -0.733. The number of hydrogen-bond donors (Lipinski definition) is 5. The van der Waals surface area contributed by atoms with Crippen molar-refractivity contribution in [3.8, 4) is 0 Å². The minimum absolute atomic E-state index is 0.0340. The highest BCUT2D eigenvalue weighted by Crippen LogP contribution is 2.22. The van der Waals surface area contributed by atoms with Gasteiger partial charge in [-0.1, -0.05) is 17.7 Å². The number of esters is 1. The minimum Gasteiger partial charge on any atom is -0.429 e. The second-order valence-electron chi connectivity index (χ2n) is 5.76. The fourth-order valence-corrected chi connectivity index (χ4v) is 2.22. The van der Waals surface area contributed by atoms with E-state index in [0.717, 1.165) is 5.57 Å². The maximum absolute atomic E-state index is 12.0. The Labute approximate surface area is 140 Å². The molecule has 5 N–H and O–H groups in total. The van der Waals surface area contributed by atoms with Crippen LogP contribution in [0.4, 0.5) is 0 Å². The first-order valence-electron chi connectivity index (χ1n) is 7.76. The largest absolute Gasteiger partial charge is 0.429 e. The van der Waals surface area contributed by atoms with Crippen LogP contribution in [0.25, 0.3) is 0 Å². The normalized spacial score (nSPS) is 31.9. The van der Waals surface area contributed by atoms with Gasteiger partial charge in [-0.15, -0.1) is 0 Å². The van der Waals surface area contributed by atoms with E-state index < -0.39 is 43.3 Å². The fourth-order valence-electron chi connectivity index (χ4n) is 2.22. The summed E-state index contributed by atoms with van der Waals surface area (Å²) >= 11 is 0. The Bertz CT molecular complexity index is 471. The number of carbonyl (C=O) groups is 1. The number of rotatable bonds is 7. The molecule has 1 rings (SSSR count). The summed E-state index contributed by atoms with van der Waals surface area (Å²) < 4.78 is 10.1. The Morgan fingerprint density at radius 3 is 2.33 bits per heavy atom. The predicted octanol–water partition coefficient (Wildman–Crippen LogP) is -1.01. The molecule has 0 aromatic rings. The van der Waals surface area contributed by atoms with E-state index in [1.165, 1.54) is 6.92 Å². The average molecular weight is 346 g/mol. The van der Waals surface area contributed by atoms with Gasteiger partial charge in [0.25, 0.3) is 0 Å². The van der Waals surface area contributed by atoms with Crippen LogP contribution >= 0.6 is 0 Å². The Morgan fingerprint density at radius 2 is 1.75 bits per heavy atom. The molecule has 1 heterocycles. The Morgan fingerprint density at radius 1 is 1.08 bits per heavy atom. The lowest BCUT2D eigenvalue weighted by Gasteiger charge is -2.39. The summed E-state index contributed by atoms with van der Waals surface area (Å²) in [6, 6.07) is 0. The van der Waals surface area contributed by atoms with E-state index in [1.54, 1.807) is 12.2 Å². The maximum atomic E-state index is 12.0. The van der Waals surface area contributed by atoms with Crippen LogP contribution < -0.4 is 0 Å². The van der Waals surface area contributed by atoms with Crippen molar-refractivity contribution in [1.82, 2.24) is 0 Å². The van der Waals surface area contributed by atoms with Crippen molar-refractivity contribution >= 4 is 5.97 Å². The van der Waals surface area contributed by atoms with Crippen LogP contribution in [0.5, 0.6) is 0 Å². The highest BCUT2D eigenvalue weighted by atomic mass is 16.7. The van der Waals surface area contributed by atoms with E-state index >= 15 is 0 Å². The second-order valence-corrected chi connectivity index (χ2v) is 5.76. The molecule has 1 aliphatic rings. The molecule has 8 nitrogen and oxygen atoms in total. The van der Waals surface area contributed by atoms with Crippen molar-refractivity contribution in [3.63, 3.8) is 0 Å². The summed E-state index contributed by atoms with van der Waals surface area (Å²) in [4.78, 5) is 12.0. The Hall–Kier alpha value is -1.29. The van der Waals surface area contributed by atoms with Crippen molar-refractivity contribution in [2.75, 3.05) is 13.2 Å². The Balaban J connectivity index is 2.60. The lowest BCUT2D eigenvalue weighted by atomic mass is 9.99. The molecule has 5 atom stereocenters. The van der Waals surface area contributed by atoms with Gasteiger partial charge in [-0.2, -0.15) is 0 Å². The van der Waals surface area contributed by atoms with Gasteiger partial charge >= 0.3 is 5.97 Å². The van der Waals surface area contributed by atoms with Crippen molar-refractivity contribution in [1.29, 1.82) is 0 Å².